The fourth-order valence-electron chi connectivity index (χ4n) is 1.88. The third-order valence-electron chi connectivity index (χ3n) is 2.92. The van der Waals surface area contributed by atoms with Gasteiger partial charge in [-0.15, -0.1) is 0 Å². The van der Waals surface area contributed by atoms with Crippen LogP contribution in [-0.2, 0) is 0 Å². The average molecular weight is 324 g/mol. The summed E-state index contributed by atoms with van der Waals surface area (Å²) in [6.07, 6.45) is 0. The van der Waals surface area contributed by atoms with Crippen LogP contribution >= 0.6 is 15.9 Å². The van der Waals surface area contributed by atoms with Crippen LogP contribution < -0.4 is 10.1 Å². The Balaban J connectivity index is 2.24. The normalized spacial score (nSPS) is 12.0. The van der Waals surface area contributed by atoms with Crippen molar-refractivity contribution in [3.8, 4) is 5.75 Å². The molecule has 19 heavy (non-hydrogen) atoms. The van der Waals surface area contributed by atoms with Gasteiger partial charge in [-0.1, -0.05) is 34.1 Å². The Morgan fingerprint density at radius 3 is 2.63 bits per heavy atom. The van der Waals surface area contributed by atoms with Crippen LogP contribution in [0.4, 0.5) is 10.1 Å². The zero-order chi connectivity index (χ0) is 13.8. The quantitative estimate of drug-likeness (QED) is 0.875. The van der Waals surface area contributed by atoms with Crippen LogP contribution in [-0.4, -0.2) is 7.11 Å². The second-order valence-corrected chi connectivity index (χ2v) is 5.09. The third-order valence-corrected chi connectivity index (χ3v) is 3.64. The van der Waals surface area contributed by atoms with Crippen molar-refractivity contribution in [1.29, 1.82) is 0 Å². The van der Waals surface area contributed by atoms with Crippen LogP contribution in [0.5, 0.6) is 5.75 Å². The van der Waals surface area contributed by atoms with Crippen LogP contribution in [0.2, 0.25) is 0 Å². The number of benzene rings is 2. The van der Waals surface area contributed by atoms with Gasteiger partial charge in [-0.3, -0.25) is 0 Å². The number of anilines is 1. The molecule has 2 aromatic carbocycles. The summed E-state index contributed by atoms with van der Waals surface area (Å²) >= 11 is 3.50. The Kier molecular flexibility index (Phi) is 4.43. The minimum atomic E-state index is -0.292. The summed E-state index contributed by atoms with van der Waals surface area (Å²) < 4.78 is 19.9. The Morgan fingerprint density at radius 2 is 1.95 bits per heavy atom. The molecule has 0 fully saturated rings. The summed E-state index contributed by atoms with van der Waals surface area (Å²) in [5.74, 6) is 0.336. The zero-order valence-corrected chi connectivity index (χ0v) is 12.4. The molecule has 0 saturated heterocycles. The van der Waals surface area contributed by atoms with Crippen molar-refractivity contribution < 1.29 is 9.13 Å². The summed E-state index contributed by atoms with van der Waals surface area (Å²) in [6, 6.07) is 12.5. The maximum Gasteiger partial charge on any atom is 0.146 e. The molecule has 100 valence electrons. The SMILES string of the molecule is COc1ccc(F)c(NC(C)c2ccccc2Br)c1. The first kappa shape index (κ1) is 13.9. The molecule has 0 aliphatic carbocycles. The van der Waals surface area contributed by atoms with E-state index in [1.807, 2.05) is 31.2 Å². The highest BCUT2D eigenvalue weighted by Crippen LogP contribution is 2.28. The van der Waals surface area contributed by atoms with Gasteiger partial charge in [-0.05, 0) is 30.7 Å². The molecule has 0 bridgehead atoms. The second-order valence-electron chi connectivity index (χ2n) is 4.23. The summed E-state index contributed by atoms with van der Waals surface area (Å²) in [7, 11) is 1.56. The van der Waals surface area contributed by atoms with Crippen molar-refractivity contribution in [2.75, 3.05) is 12.4 Å². The lowest BCUT2D eigenvalue weighted by Gasteiger charge is -2.18. The van der Waals surface area contributed by atoms with Gasteiger partial charge in [0.05, 0.1) is 12.8 Å². The van der Waals surface area contributed by atoms with E-state index in [2.05, 4.69) is 21.2 Å². The highest BCUT2D eigenvalue weighted by Gasteiger charge is 2.11. The van der Waals surface area contributed by atoms with Gasteiger partial charge in [0, 0.05) is 16.6 Å². The van der Waals surface area contributed by atoms with Gasteiger partial charge in [0.25, 0.3) is 0 Å². The van der Waals surface area contributed by atoms with Crippen LogP contribution in [0.1, 0.15) is 18.5 Å². The average Bonchev–Trinajstić information content (AvgIpc) is 2.41. The summed E-state index contributed by atoms with van der Waals surface area (Å²) in [5.41, 5.74) is 1.51. The Morgan fingerprint density at radius 1 is 1.21 bits per heavy atom. The molecule has 4 heteroatoms. The topological polar surface area (TPSA) is 21.3 Å². The van der Waals surface area contributed by atoms with Gasteiger partial charge >= 0.3 is 0 Å². The van der Waals surface area contributed by atoms with Crippen LogP contribution in [0.3, 0.4) is 0 Å². The van der Waals surface area contributed by atoms with Crippen molar-refractivity contribution in [3.63, 3.8) is 0 Å². The molecule has 0 radical (unpaired) electrons. The van der Waals surface area contributed by atoms with Crippen molar-refractivity contribution in [2.24, 2.45) is 0 Å². The molecular formula is C15H15BrFNO. The Labute approximate surface area is 120 Å². The molecule has 0 spiro atoms. The van der Waals surface area contributed by atoms with E-state index in [4.69, 9.17) is 4.74 Å². The zero-order valence-electron chi connectivity index (χ0n) is 10.8. The minimum Gasteiger partial charge on any atom is -0.497 e. The maximum atomic E-state index is 13.8. The molecular weight excluding hydrogens is 309 g/mol. The minimum absolute atomic E-state index is 0.0165. The lowest BCUT2D eigenvalue weighted by atomic mass is 10.1. The van der Waals surface area contributed by atoms with Gasteiger partial charge in [-0.25, -0.2) is 4.39 Å². The van der Waals surface area contributed by atoms with E-state index in [0.717, 1.165) is 10.0 Å². The summed E-state index contributed by atoms with van der Waals surface area (Å²) in [5, 5.41) is 3.16. The number of methoxy groups -OCH3 is 1. The number of rotatable bonds is 4. The fraction of sp³-hybridized carbons (Fsp3) is 0.200. The van der Waals surface area contributed by atoms with Crippen molar-refractivity contribution in [1.82, 2.24) is 0 Å². The molecule has 2 rings (SSSR count). The molecule has 0 aromatic heterocycles. The predicted octanol–water partition coefficient (Wildman–Crippen LogP) is 4.77. The lowest BCUT2D eigenvalue weighted by Crippen LogP contribution is -2.08. The highest BCUT2D eigenvalue weighted by molar-refractivity contribution is 9.10. The van der Waals surface area contributed by atoms with Crippen molar-refractivity contribution >= 4 is 21.6 Å². The monoisotopic (exact) mass is 323 g/mol. The van der Waals surface area contributed by atoms with Crippen LogP contribution in [0.15, 0.2) is 46.9 Å². The van der Waals surface area contributed by atoms with Gasteiger partial charge < -0.3 is 10.1 Å². The molecule has 0 aliphatic heterocycles. The van der Waals surface area contributed by atoms with E-state index >= 15 is 0 Å². The standard InChI is InChI=1S/C15H15BrFNO/c1-10(12-5-3-4-6-13(12)16)18-15-9-11(19-2)7-8-14(15)17/h3-10,18H,1-2H3. The van der Waals surface area contributed by atoms with E-state index in [-0.39, 0.29) is 11.9 Å². The van der Waals surface area contributed by atoms with Crippen LogP contribution in [0.25, 0.3) is 0 Å². The Bertz CT molecular complexity index is 574. The molecule has 0 heterocycles. The van der Waals surface area contributed by atoms with E-state index in [1.165, 1.54) is 6.07 Å². The maximum absolute atomic E-state index is 13.8. The number of hydrogen-bond donors (Lipinski definition) is 1. The second kappa shape index (κ2) is 6.06. The number of nitrogens with one attached hydrogen (secondary N) is 1. The predicted molar refractivity (Wildman–Crippen MR) is 79.1 cm³/mol. The lowest BCUT2D eigenvalue weighted by molar-refractivity contribution is 0.414. The number of halogens is 2. The summed E-state index contributed by atoms with van der Waals surface area (Å²) in [6.45, 7) is 1.99. The van der Waals surface area contributed by atoms with Gasteiger partial charge in [-0.2, -0.15) is 0 Å². The molecule has 0 saturated carbocycles. The smallest absolute Gasteiger partial charge is 0.146 e. The Hall–Kier alpha value is -1.55. The van der Waals surface area contributed by atoms with E-state index in [9.17, 15) is 4.39 Å². The molecule has 0 aliphatic rings. The summed E-state index contributed by atoms with van der Waals surface area (Å²) in [4.78, 5) is 0. The molecule has 2 nitrogen and oxygen atoms in total. The van der Waals surface area contributed by atoms with Crippen LogP contribution in [0, 0.1) is 5.82 Å². The van der Waals surface area contributed by atoms with E-state index in [0.29, 0.717) is 11.4 Å². The number of ether oxygens (including phenoxy) is 1. The van der Waals surface area contributed by atoms with E-state index < -0.39 is 0 Å². The van der Waals surface area contributed by atoms with Crippen molar-refractivity contribution in [2.45, 2.75) is 13.0 Å². The molecule has 1 atom stereocenters. The molecule has 2 aromatic rings. The highest BCUT2D eigenvalue weighted by atomic mass is 79.9. The van der Waals surface area contributed by atoms with Gasteiger partial charge in [0.15, 0.2) is 0 Å². The third kappa shape index (κ3) is 3.26. The van der Waals surface area contributed by atoms with E-state index in [1.54, 1.807) is 19.2 Å². The van der Waals surface area contributed by atoms with Gasteiger partial charge in [0.2, 0.25) is 0 Å². The molecule has 1 N–H and O–H groups in total. The molecule has 0 amide bonds. The first-order chi connectivity index (χ1) is 9.11. The fourth-order valence-corrected chi connectivity index (χ4v) is 2.51. The van der Waals surface area contributed by atoms with Crippen molar-refractivity contribution in [3.05, 3.63) is 58.3 Å². The molecule has 1 unspecified atom stereocenters. The largest absolute Gasteiger partial charge is 0.497 e. The number of hydrogen-bond acceptors (Lipinski definition) is 2. The van der Waals surface area contributed by atoms with Gasteiger partial charge in [0.1, 0.15) is 11.6 Å². The first-order valence-electron chi connectivity index (χ1n) is 5.96. The first-order valence-corrected chi connectivity index (χ1v) is 6.75.